The van der Waals surface area contributed by atoms with Crippen LogP contribution in [0, 0.1) is 10.5 Å². The maximum atomic E-state index is 12.9. The predicted octanol–water partition coefficient (Wildman–Crippen LogP) is 1.54. The van der Waals surface area contributed by atoms with Crippen LogP contribution in [-0.2, 0) is 14.8 Å². The van der Waals surface area contributed by atoms with Gasteiger partial charge in [0.2, 0.25) is 0 Å². The van der Waals surface area contributed by atoms with E-state index in [0.717, 1.165) is 10.4 Å². The molecule has 1 N–H and O–H groups in total. The van der Waals surface area contributed by atoms with Crippen molar-refractivity contribution in [3.8, 4) is 0 Å². The van der Waals surface area contributed by atoms with E-state index in [9.17, 15) is 17.6 Å². The molecule has 0 radical (unpaired) electrons. The molecule has 0 bridgehead atoms. The minimum atomic E-state index is -3.79. The van der Waals surface area contributed by atoms with Gasteiger partial charge in [-0.3, -0.25) is 4.79 Å². The van der Waals surface area contributed by atoms with Crippen molar-refractivity contribution in [2.24, 2.45) is 5.41 Å². The van der Waals surface area contributed by atoms with Gasteiger partial charge in [-0.1, -0.05) is 17.4 Å². The van der Waals surface area contributed by atoms with Crippen molar-refractivity contribution in [2.45, 2.75) is 10.6 Å². The molecule has 1 aliphatic heterocycles. The summed E-state index contributed by atoms with van der Waals surface area (Å²) in [6.07, 6.45) is 1.66. The van der Waals surface area contributed by atoms with E-state index < -0.39 is 26.5 Å². The molecule has 1 fully saturated rings. The highest BCUT2D eigenvalue weighted by molar-refractivity contribution is 7.91. The van der Waals surface area contributed by atoms with Crippen molar-refractivity contribution in [3.05, 3.63) is 29.9 Å². The molecule has 0 amide bonds. The summed E-state index contributed by atoms with van der Waals surface area (Å²) < 4.78 is 38.0. The number of aliphatic carboxylic acids is 1. The molecule has 0 saturated carbocycles. The standard InChI is InChI=1S/C11H12FNO4S2/c1-2-5-11(10(14)15)6-13(7-11)19(16,17)9-4-3-8(12)18-9/h2-4H,1,5-7H2,(H,14,15). The Bertz CT molecular complexity index is 616. The predicted molar refractivity (Wildman–Crippen MR) is 67.9 cm³/mol. The Labute approximate surface area is 114 Å². The number of carboxylic acids is 1. The van der Waals surface area contributed by atoms with Crippen molar-refractivity contribution >= 4 is 27.3 Å². The van der Waals surface area contributed by atoms with Gasteiger partial charge < -0.3 is 5.11 Å². The van der Waals surface area contributed by atoms with E-state index in [1.807, 2.05) is 0 Å². The van der Waals surface area contributed by atoms with E-state index in [1.54, 1.807) is 0 Å². The number of halogens is 1. The monoisotopic (exact) mass is 305 g/mol. The zero-order valence-corrected chi connectivity index (χ0v) is 11.5. The molecule has 104 valence electrons. The first-order valence-corrected chi connectivity index (χ1v) is 7.67. The quantitative estimate of drug-likeness (QED) is 0.837. The van der Waals surface area contributed by atoms with Gasteiger partial charge in [0.25, 0.3) is 10.0 Å². The van der Waals surface area contributed by atoms with Crippen LogP contribution >= 0.6 is 11.3 Å². The smallest absolute Gasteiger partial charge is 0.312 e. The fourth-order valence-corrected chi connectivity index (χ4v) is 4.76. The maximum absolute atomic E-state index is 12.9. The number of allylic oxidation sites excluding steroid dienone is 1. The normalized spacial score (nSPS) is 18.8. The molecule has 0 unspecified atom stereocenters. The van der Waals surface area contributed by atoms with Gasteiger partial charge in [0.1, 0.15) is 4.21 Å². The molecule has 1 aliphatic rings. The second kappa shape index (κ2) is 4.69. The SMILES string of the molecule is C=CCC1(C(=O)O)CN(S(=O)(=O)c2ccc(F)s2)C1. The van der Waals surface area contributed by atoms with Crippen molar-refractivity contribution in [2.75, 3.05) is 13.1 Å². The molecule has 0 spiro atoms. The van der Waals surface area contributed by atoms with Crippen LogP contribution < -0.4 is 0 Å². The van der Waals surface area contributed by atoms with E-state index in [2.05, 4.69) is 6.58 Å². The van der Waals surface area contributed by atoms with Gasteiger partial charge >= 0.3 is 5.97 Å². The fourth-order valence-electron chi connectivity index (χ4n) is 1.99. The molecule has 1 aromatic heterocycles. The number of carbonyl (C=O) groups is 1. The molecule has 19 heavy (non-hydrogen) atoms. The summed E-state index contributed by atoms with van der Waals surface area (Å²) in [5.74, 6) is -1.05. The van der Waals surface area contributed by atoms with Crippen LogP contribution in [0.2, 0.25) is 0 Å². The van der Waals surface area contributed by atoms with Gasteiger partial charge in [0.05, 0.1) is 5.41 Å². The van der Waals surface area contributed by atoms with Crippen molar-refractivity contribution < 1.29 is 22.7 Å². The van der Waals surface area contributed by atoms with Crippen LogP contribution in [0.25, 0.3) is 0 Å². The van der Waals surface area contributed by atoms with Crippen LogP contribution in [0.15, 0.2) is 29.0 Å². The van der Waals surface area contributed by atoms with Gasteiger partial charge in [0.15, 0.2) is 5.13 Å². The van der Waals surface area contributed by atoms with Gasteiger partial charge in [-0.25, -0.2) is 8.42 Å². The summed E-state index contributed by atoms with van der Waals surface area (Å²) in [4.78, 5) is 11.2. The number of carboxylic acid groups (broad SMARTS) is 1. The first-order chi connectivity index (χ1) is 8.82. The van der Waals surface area contributed by atoms with Crippen LogP contribution in [0.1, 0.15) is 6.42 Å². The Morgan fingerprint density at radius 1 is 1.58 bits per heavy atom. The third-order valence-electron chi connectivity index (χ3n) is 3.09. The third kappa shape index (κ3) is 2.31. The average Bonchev–Trinajstić information content (AvgIpc) is 2.69. The molecule has 0 aliphatic carbocycles. The number of hydrogen-bond acceptors (Lipinski definition) is 4. The summed E-state index contributed by atoms with van der Waals surface area (Å²) in [5.41, 5.74) is -1.11. The molecule has 8 heteroatoms. The highest BCUT2D eigenvalue weighted by atomic mass is 32.2. The van der Waals surface area contributed by atoms with Gasteiger partial charge in [0, 0.05) is 13.1 Å². The summed E-state index contributed by atoms with van der Waals surface area (Å²) in [5, 5.41) is 8.56. The molecule has 0 aromatic carbocycles. The summed E-state index contributed by atoms with van der Waals surface area (Å²) in [6, 6.07) is 2.26. The summed E-state index contributed by atoms with van der Waals surface area (Å²) >= 11 is 0.530. The van der Waals surface area contributed by atoms with Crippen LogP contribution in [0.3, 0.4) is 0 Å². The van der Waals surface area contributed by atoms with Gasteiger partial charge in [-0.05, 0) is 18.6 Å². The summed E-state index contributed by atoms with van der Waals surface area (Å²) in [7, 11) is -3.79. The average molecular weight is 305 g/mol. The first-order valence-electron chi connectivity index (χ1n) is 5.42. The highest BCUT2D eigenvalue weighted by Gasteiger charge is 2.53. The molecule has 2 heterocycles. The highest BCUT2D eigenvalue weighted by Crippen LogP contribution is 2.39. The van der Waals surface area contributed by atoms with E-state index in [4.69, 9.17) is 5.11 Å². The molecule has 0 atom stereocenters. The molecule has 1 saturated heterocycles. The number of hydrogen-bond donors (Lipinski definition) is 1. The number of sulfonamides is 1. The van der Waals surface area contributed by atoms with E-state index >= 15 is 0 Å². The zero-order valence-electron chi connectivity index (χ0n) is 9.87. The molecule has 1 aromatic rings. The Morgan fingerprint density at radius 3 is 2.63 bits per heavy atom. The van der Waals surface area contributed by atoms with Crippen molar-refractivity contribution in [3.63, 3.8) is 0 Å². The minimum Gasteiger partial charge on any atom is -0.481 e. The second-order valence-corrected chi connectivity index (χ2v) is 7.61. The third-order valence-corrected chi connectivity index (χ3v) is 6.22. The van der Waals surface area contributed by atoms with E-state index in [1.165, 1.54) is 12.1 Å². The molecular weight excluding hydrogens is 293 g/mol. The van der Waals surface area contributed by atoms with Gasteiger partial charge in [-0.2, -0.15) is 8.70 Å². The second-order valence-electron chi connectivity index (χ2n) is 4.41. The molecule has 2 rings (SSSR count). The largest absolute Gasteiger partial charge is 0.481 e. The number of rotatable bonds is 5. The first kappa shape index (κ1) is 14.2. The Balaban J connectivity index is 2.19. The Morgan fingerprint density at radius 2 is 2.21 bits per heavy atom. The number of nitrogens with zero attached hydrogens (tertiary/aromatic N) is 1. The lowest BCUT2D eigenvalue weighted by molar-refractivity contribution is -0.155. The fraction of sp³-hybridized carbons (Fsp3) is 0.364. The number of thiophene rings is 1. The topological polar surface area (TPSA) is 74.7 Å². The lowest BCUT2D eigenvalue weighted by atomic mass is 9.79. The minimum absolute atomic E-state index is 0.109. The Hall–Kier alpha value is -1.25. The molecular formula is C11H12FNO4S2. The van der Waals surface area contributed by atoms with Crippen molar-refractivity contribution in [1.29, 1.82) is 0 Å². The van der Waals surface area contributed by atoms with Crippen molar-refractivity contribution in [1.82, 2.24) is 4.31 Å². The lowest BCUT2D eigenvalue weighted by Crippen LogP contribution is -2.61. The Kier molecular flexibility index (Phi) is 3.50. The van der Waals surface area contributed by atoms with E-state index in [-0.39, 0.29) is 23.7 Å². The zero-order chi connectivity index (χ0) is 14.3. The summed E-state index contributed by atoms with van der Waals surface area (Å²) in [6.45, 7) is 3.25. The van der Waals surface area contributed by atoms with Gasteiger partial charge in [-0.15, -0.1) is 6.58 Å². The maximum Gasteiger partial charge on any atom is 0.312 e. The molecule has 5 nitrogen and oxygen atoms in total. The van der Waals surface area contributed by atoms with Crippen LogP contribution in [0.4, 0.5) is 4.39 Å². The van der Waals surface area contributed by atoms with Crippen LogP contribution in [0.5, 0.6) is 0 Å². The van der Waals surface area contributed by atoms with Crippen LogP contribution in [-0.4, -0.2) is 36.9 Å². The lowest BCUT2D eigenvalue weighted by Gasteiger charge is -2.45. The van der Waals surface area contributed by atoms with E-state index in [0.29, 0.717) is 11.3 Å².